The number of benzene rings is 1. The molecule has 1 aromatic heterocycles. The second kappa shape index (κ2) is 9.18. The first-order valence-electron chi connectivity index (χ1n) is 9.52. The van der Waals surface area contributed by atoms with E-state index < -0.39 is 0 Å². The first-order chi connectivity index (χ1) is 14.0. The molecule has 1 aromatic carbocycles. The lowest BCUT2D eigenvalue weighted by molar-refractivity contribution is 0.101. The van der Waals surface area contributed by atoms with Crippen LogP contribution in [0.2, 0.25) is 0 Å². The Morgan fingerprint density at radius 3 is 2.52 bits per heavy atom. The molecule has 1 aliphatic rings. The van der Waals surface area contributed by atoms with Crippen LogP contribution in [0.5, 0.6) is 0 Å². The van der Waals surface area contributed by atoms with Gasteiger partial charge in [0.2, 0.25) is 0 Å². The largest absolute Gasteiger partial charge is 0.450 e. The summed E-state index contributed by atoms with van der Waals surface area (Å²) in [6, 6.07) is 8.58. The van der Waals surface area contributed by atoms with Gasteiger partial charge >= 0.3 is 6.09 Å². The Morgan fingerprint density at radius 1 is 1.07 bits per heavy atom. The first-order valence-corrected chi connectivity index (χ1v) is 9.52. The summed E-state index contributed by atoms with van der Waals surface area (Å²) in [4.78, 5) is 43.9. The van der Waals surface area contributed by atoms with Crippen molar-refractivity contribution in [1.82, 2.24) is 9.88 Å². The Balaban J connectivity index is 1.65. The van der Waals surface area contributed by atoms with E-state index in [2.05, 4.69) is 15.2 Å². The maximum Gasteiger partial charge on any atom is 0.409 e. The number of hydrogen-bond donors (Lipinski definition) is 1. The van der Waals surface area contributed by atoms with Gasteiger partial charge in [-0.05, 0) is 32.0 Å². The number of pyridine rings is 1. The maximum atomic E-state index is 12.6. The van der Waals surface area contributed by atoms with E-state index in [-0.39, 0.29) is 17.8 Å². The van der Waals surface area contributed by atoms with Crippen LogP contribution in [0.4, 0.5) is 16.2 Å². The summed E-state index contributed by atoms with van der Waals surface area (Å²) < 4.78 is 5.03. The van der Waals surface area contributed by atoms with E-state index in [1.807, 2.05) is 0 Å². The van der Waals surface area contributed by atoms with Crippen molar-refractivity contribution in [1.29, 1.82) is 0 Å². The highest BCUT2D eigenvalue weighted by atomic mass is 16.6. The van der Waals surface area contributed by atoms with Crippen LogP contribution in [0.3, 0.4) is 0 Å². The number of aromatic nitrogens is 1. The number of ether oxygens (including phenoxy) is 1. The fourth-order valence-electron chi connectivity index (χ4n) is 3.11. The van der Waals surface area contributed by atoms with Crippen LogP contribution in [-0.4, -0.2) is 60.5 Å². The average molecular weight is 396 g/mol. The second-order valence-corrected chi connectivity index (χ2v) is 6.70. The molecule has 2 amide bonds. The van der Waals surface area contributed by atoms with Gasteiger partial charge in [-0.3, -0.25) is 14.6 Å². The quantitative estimate of drug-likeness (QED) is 0.782. The molecule has 0 spiro atoms. The molecular formula is C21H24N4O4. The predicted molar refractivity (Wildman–Crippen MR) is 109 cm³/mol. The van der Waals surface area contributed by atoms with E-state index in [0.29, 0.717) is 49.6 Å². The van der Waals surface area contributed by atoms with E-state index in [1.54, 1.807) is 48.4 Å². The highest BCUT2D eigenvalue weighted by Crippen LogP contribution is 2.19. The first kappa shape index (κ1) is 20.3. The number of ketones is 1. The molecule has 3 rings (SSSR count). The number of nitrogens with one attached hydrogen (secondary N) is 1. The van der Waals surface area contributed by atoms with Gasteiger partial charge < -0.3 is 19.9 Å². The van der Waals surface area contributed by atoms with Crippen molar-refractivity contribution >= 4 is 29.2 Å². The van der Waals surface area contributed by atoms with Crippen LogP contribution in [0, 0.1) is 0 Å². The van der Waals surface area contributed by atoms with Gasteiger partial charge in [0.1, 0.15) is 0 Å². The summed E-state index contributed by atoms with van der Waals surface area (Å²) in [5, 5.41) is 2.80. The Bertz CT molecular complexity index is 907. The lowest BCUT2D eigenvalue weighted by Gasteiger charge is -2.35. The van der Waals surface area contributed by atoms with E-state index >= 15 is 0 Å². The number of rotatable bonds is 5. The third-order valence-electron chi connectivity index (χ3n) is 4.68. The molecule has 0 atom stereocenters. The summed E-state index contributed by atoms with van der Waals surface area (Å²) in [6.07, 6.45) is 2.90. The summed E-state index contributed by atoms with van der Waals surface area (Å²) >= 11 is 0. The maximum absolute atomic E-state index is 12.6. The summed E-state index contributed by atoms with van der Waals surface area (Å²) in [5.74, 6) is -0.364. The molecule has 8 heteroatoms. The van der Waals surface area contributed by atoms with Crippen molar-refractivity contribution in [3.8, 4) is 0 Å². The molecule has 8 nitrogen and oxygen atoms in total. The molecule has 0 bridgehead atoms. The molecule has 0 unspecified atom stereocenters. The van der Waals surface area contributed by atoms with Gasteiger partial charge in [-0.25, -0.2) is 4.79 Å². The van der Waals surface area contributed by atoms with Gasteiger partial charge in [-0.15, -0.1) is 0 Å². The van der Waals surface area contributed by atoms with Crippen molar-refractivity contribution in [2.45, 2.75) is 13.8 Å². The number of hydrogen-bond acceptors (Lipinski definition) is 6. The fourth-order valence-corrected chi connectivity index (χ4v) is 3.11. The van der Waals surface area contributed by atoms with Crippen LogP contribution in [0.1, 0.15) is 34.6 Å². The summed E-state index contributed by atoms with van der Waals surface area (Å²) in [7, 11) is 0. The van der Waals surface area contributed by atoms with E-state index in [0.717, 1.165) is 5.69 Å². The molecule has 1 saturated heterocycles. The number of anilines is 2. The van der Waals surface area contributed by atoms with Crippen molar-refractivity contribution < 1.29 is 19.1 Å². The number of carbonyl (C=O) groups excluding carboxylic acids is 3. The van der Waals surface area contributed by atoms with Gasteiger partial charge in [0.15, 0.2) is 5.78 Å². The van der Waals surface area contributed by atoms with Gasteiger partial charge in [0, 0.05) is 43.6 Å². The fraction of sp³-hybridized carbons (Fsp3) is 0.333. The lowest BCUT2D eigenvalue weighted by Crippen LogP contribution is -2.49. The third-order valence-corrected chi connectivity index (χ3v) is 4.68. The molecule has 1 fully saturated rings. The van der Waals surface area contributed by atoms with Crippen molar-refractivity contribution in [3.05, 3.63) is 53.9 Å². The number of piperazine rings is 1. The van der Waals surface area contributed by atoms with Gasteiger partial charge in [-0.2, -0.15) is 0 Å². The number of amides is 2. The van der Waals surface area contributed by atoms with Gasteiger partial charge in [0.25, 0.3) is 5.91 Å². The van der Waals surface area contributed by atoms with Crippen molar-refractivity contribution in [2.24, 2.45) is 0 Å². The van der Waals surface area contributed by atoms with Crippen LogP contribution in [0.15, 0.2) is 42.7 Å². The Labute approximate surface area is 169 Å². The summed E-state index contributed by atoms with van der Waals surface area (Å²) in [5.41, 5.74) is 2.33. The van der Waals surface area contributed by atoms with Crippen LogP contribution < -0.4 is 10.2 Å². The van der Waals surface area contributed by atoms with Crippen molar-refractivity contribution in [3.63, 3.8) is 0 Å². The zero-order valence-electron chi connectivity index (χ0n) is 16.6. The molecule has 2 heterocycles. The zero-order chi connectivity index (χ0) is 20.8. The number of carbonyl (C=O) groups is 3. The minimum Gasteiger partial charge on any atom is -0.450 e. The zero-order valence-corrected chi connectivity index (χ0v) is 16.6. The molecule has 0 saturated carbocycles. The van der Waals surface area contributed by atoms with E-state index in [1.165, 1.54) is 13.1 Å². The van der Waals surface area contributed by atoms with Gasteiger partial charge in [-0.1, -0.05) is 12.1 Å². The topological polar surface area (TPSA) is 91.8 Å². The standard InChI is InChI=1S/C21H24N4O4/c1-3-29-21(28)25-9-7-24(8-10-25)19-12-17(13-22-14-19)20(27)23-18-6-4-5-16(11-18)15(2)26/h4-6,11-14H,3,7-10H2,1-2H3,(H,23,27). The Morgan fingerprint density at radius 2 is 1.83 bits per heavy atom. The molecule has 2 aromatic rings. The highest BCUT2D eigenvalue weighted by Gasteiger charge is 2.22. The molecular weight excluding hydrogens is 372 g/mol. The minimum absolute atomic E-state index is 0.0632. The smallest absolute Gasteiger partial charge is 0.409 e. The molecule has 1 aliphatic heterocycles. The van der Waals surface area contributed by atoms with E-state index in [9.17, 15) is 14.4 Å². The molecule has 0 radical (unpaired) electrons. The average Bonchev–Trinajstić information content (AvgIpc) is 2.74. The SMILES string of the molecule is CCOC(=O)N1CCN(c2cncc(C(=O)Nc3cccc(C(C)=O)c3)c2)CC1. The normalized spacial score (nSPS) is 13.7. The van der Waals surface area contributed by atoms with Gasteiger partial charge in [0.05, 0.1) is 24.1 Å². The summed E-state index contributed by atoms with van der Waals surface area (Å²) in [6.45, 7) is 5.98. The molecule has 0 aliphatic carbocycles. The van der Waals surface area contributed by atoms with Crippen molar-refractivity contribution in [2.75, 3.05) is 43.0 Å². The van der Waals surface area contributed by atoms with E-state index in [4.69, 9.17) is 4.74 Å². The second-order valence-electron chi connectivity index (χ2n) is 6.70. The minimum atomic E-state index is -0.301. The predicted octanol–water partition coefficient (Wildman–Crippen LogP) is 2.82. The van der Waals surface area contributed by atoms with Crippen LogP contribution >= 0.6 is 0 Å². The monoisotopic (exact) mass is 396 g/mol. The molecule has 152 valence electrons. The highest BCUT2D eigenvalue weighted by molar-refractivity contribution is 6.05. The number of nitrogens with zero attached hydrogens (tertiary/aromatic N) is 3. The Kier molecular flexibility index (Phi) is 6.43. The third kappa shape index (κ3) is 5.10. The van der Waals surface area contributed by atoms with Crippen LogP contribution in [-0.2, 0) is 4.74 Å². The lowest BCUT2D eigenvalue weighted by atomic mass is 10.1. The molecule has 29 heavy (non-hydrogen) atoms. The molecule has 1 N–H and O–H groups in total. The van der Waals surface area contributed by atoms with Crippen LogP contribution in [0.25, 0.3) is 0 Å². The Hall–Kier alpha value is -3.42. The number of Topliss-reactive ketones (excluding diaryl/α,β-unsaturated/α-hetero) is 1.